The fraction of sp³-hybridized carbons (Fsp3) is 0.439. The molecule has 0 bridgehead atoms. The Bertz CT molecular complexity index is 1730. The first kappa shape index (κ1) is 37.3. The van der Waals surface area contributed by atoms with Gasteiger partial charge in [-0.05, 0) is 47.3 Å². The molecule has 5 rings (SSSR count). The normalized spacial score (nSPS) is 13.3. The summed E-state index contributed by atoms with van der Waals surface area (Å²) in [7, 11) is 0. The van der Waals surface area contributed by atoms with E-state index >= 15 is 0 Å². The van der Waals surface area contributed by atoms with E-state index in [1.54, 1.807) is 0 Å². The van der Waals surface area contributed by atoms with Gasteiger partial charge in [0.15, 0.2) is 5.78 Å². The van der Waals surface area contributed by atoms with Crippen molar-refractivity contribution < 1.29 is 30.0 Å². The predicted octanol–water partition coefficient (Wildman–Crippen LogP) is 10.4. The van der Waals surface area contributed by atoms with Crippen LogP contribution in [0, 0.1) is 22.8 Å². The van der Waals surface area contributed by atoms with Crippen molar-refractivity contribution in [1.82, 2.24) is 9.97 Å². The van der Waals surface area contributed by atoms with Crippen LogP contribution in [0.4, 0.5) is 0 Å². The van der Waals surface area contributed by atoms with Gasteiger partial charge in [0.2, 0.25) is 0 Å². The molecule has 4 nitrogen and oxygen atoms in total. The molecule has 1 aliphatic rings. The molecule has 46 heavy (non-hydrogen) atoms. The van der Waals surface area contributed by atoms with E-state index in [4.69, 9.17) is 9.97 Å². The maximum atomic E-state index is 11.5. The fourth-order valence-corrected chi connectivity index (χ4v) is 5.43. The van der Waals surface area contributed by atoms with Gasteiger partial charge in [0.1, 0.15) is 5.76 Å². The second-order valence-electron chi connectivity index (χ2n) is 15.9. The first-order valence-electron chi connectivity index (χ1n) is 16.2. The van der Waals surface area contributed by atoms with Crippen LogP contribution in [0.3, 0.4) is 0 Å². The number of benzene rings is 3. The number of rotatable bonds is 4. The number of carbonyl (C=O) groups excluding carboxylic acids is 1. The number of aryl methyl sites for hydroxylation is 2. The van der Waals surface area contributed by atoms with E-state index in [-0.39, 0.29) is 42.5 Å². The summed E-state index contributed by atoms with van der Waals surface area (Å²) in [5, 5.41) is 11.9. The minimum atomic E-state index is -0.417. The molecule has 0 aliphatic heterocycles. The summed E-state index contributed by atoms with van der Waals surface area (Å²) < 4.78 is 0. The first-order valence-corrected chi connectivity index (χ1v) is 16.2. The largest absolute Gasteiger partial charge is 0.512 e. The number of hydrogen-bond donors (Lipinski definition) is 1. The Hall–Kier alpha value is -3.14. The molecule has 0 fully saturated rings. The van der Waals surface area contributed by atoms with E-state index in [1.807, 2.05) is 47.7 Å². The Labute approximate surface area is 290 Å². The SMILES string of the molecule is CC(C)(C)C(=O)/C=C(\O)C(C)(C)C.CC(C)Cc1ccc2c(c1)CCc1cnc(-c3[c-]c4ccccc4c(C(C)(C)C)c3)nc1-2.[Ir]. The summed E-state index contributed by atoms with van der Waals surface area (Å²) in [4.78, 5) is 21.4. The Balaban J connectivity index is 0.000000352. The number of nitrogens with zero attached hydrogens (tertiary/aromatic N) is 2. The minimum absolute atomic E-state index is 0. The molecule has 0 unspecified atom stereocenters. The number of carbonyl (C=O) groups is 1. The Kier molecular flexibility index (Phi) is 11.6. The van der Waals surface area contributed by atoms with Gasteiger partial charge in [-0.1, -0.05) is 124 Å². The second-order valence-corrected chi connectivity index (χ2v) is 15.9. The summed E-state index contributed by atoms with van der Waals surface area (Å²) in [5.74, 6) is 1.53. The number of ketones is 1. The molecule has 0 spiro atoms. The number of aliphatic hydroxyl groups excluding tert-OH is 1. The molecule has 0 saturated carbocycles. The van der Waals surface area contributed by atoms with E-state index in [1.165, 1.54) is 39.3 Å². The van der Waals surface area contributed by atoms with Gasteiger partial charge in [0.25, 0.3) is 0 Å². The van der Waals surface area contributed by atoms with Gasteiger partial charge in [-0.2, -0.15) is 0 Å². The number of allylic oxidation sites excluding steroid dienone is 2. The third-order valence-electron chi connectivity index (χ3n) is 8.20. The van der Waals surface area contributed by atoms with Crippen LogP contribution in [0.15, 0.2) is 66.6 Å². The number of aromatic nitrogens is 2. The zero-order valence-corrected chi connectivity index (χ0v) is 32.0. The quantitative estimate of drug-likeness (QED) is 0.127. The summed E-state index contributed by atoms with van der Waals surface area (Å²) in [6.07, 6.45) is 6.55. The predicted molar refractivity (Wildman–Crippen MR) is 189 cm³/mol. The first-order chi connectivity index (χ1) is 20.8. The molecule has 247 valence electrons. The summed E-state index contributed by atoms with van der Waals surface area (Å²) in [5.41, 5.74) is 7.98. The van der Waals surface area contributed by atoms with E-state index in [0.717, 1.165) is 41.7 Å². The van der Waals surface area contributed by atoms with Crippen LogP contribution in [0.25, 0.3) is 33.4 Å². The van der Waals surface area contributed by atoms with Crippen molar-refractivity contribution in [2.45, 2.75) is 101 Å². The zero-order chi connectivity index (χ0) is 33.3. The molecule has 1 heterocycles. The molecule has 0 saturated heterocycles. The van der Waals surface area contributed by atoms with Crippen LogP contribution in [0.1, 0.15) is 98.4 Å². The molecular weight excluding hydrogens is 745 g/mol. The maximum Gasteiger partial charge on any atom is 0.164 e. The van der Waals surface area contributed by atoms with Crippen LogP contribution in [-0.2, 0) is 49.6 Å². The molecule has 0 amide bonds. The summed E-state index contributed by atoms with van der Waals surface area (Å²) in [6.45, 7) is 22.5. The smallest absolute Gasteiger partial charge is 0.164 e. The standard InChI is InChI=1S/C30H31N2.C11H20O2.Ir/c1-19(2)14-20-10-13-26-22(15-20)11-12-23-18-31-29(32-28(23)26)24-16-21-8-6-7-9-25(21)27(17-24)30(3,4)5;1-10(2,3)8(12)7-9(13)11(4,5)6;/h6-10,13,15,17-19H,11-12,14H2,1-5H3;7,12H,1-6H3;/q-1;;/b;8-7-;. The van der Waals surface area contributed by atoms with Gasteiger partial charge in [0, 0.05) is 48.8 Å². The van der Waals surface area contributed by atoms with Crippen molar-refractivity contribution in [3.63, 3.8) is 0 Å². The van der Waals surface area contributed by atoms with Crippen LogP contribution in [0.5, 0.6) is 0 Å². The van der Waals surface area contributed by atoms with Crippen LogP contribution < -0.4 is 0 Å². The average Bonchev–Trinajstić information content (AvgIpc) is 2.94. The van der Waals surface area contributed by atoms with Crippen molar-refractivity contribution in [3.8, 4) is 22.6 Å². The van der Waals surface area contributed by atoms with Gasteiger partial charge >= 0.3 is 0 Å². The van der Waals surface area contributed by atoms with E-state index in [0.29, 0.717) is 5.92 Å². The van der Waals surface area contributed by atoms with E-state index < -0.39 is 5.41 Å². The van der Waals surface area contributed by atoms with Gasteiger partial charge in [-0.15, -0.1) is 29.1 Å². The number of aliphatic hydroxyl groups is 1. The van der Waals surface area contributed by atoms with Crippen LogP contribution >= 0.6 is 0 Å². The minimum Gasteiger partial charge on any atom is -0.512 e. The van der Waals surface area contributed by atoms with E-state index in [2.05, 4.69) is 89.2 Å². The number of fused-ring (bicyclic) bond motifs is 4. The Morgan fingerprint density at radius 3 is 2.17 bits per heavy atom. The zero-order valence-electron chi connectivity index (χ0n) is 29.6. The molecule has 5 heteroatoms. The number of hydrogen-bond acceptors (Lipinski definition) is 4. The molecule has 4 aromatic rings. The average molecular weight is 796 g/mol. The summed E-state index contributed by atoms with van der Waals surface area (Å²) in [6, 6.07) is 21.3. The third-order valence-corrected chi connectivity index (χ3v) is 8.20. The van der Waals surface area contributed by atoms with Gasteiger partial charge in [-0.3, -0.25) is 14.8 Å². The van der Waals surface area contributed by atoms with Crippen LogP contribution in [0.2, 0.25) is 0 Å². The second kappa shape index (κ2) is 14.3. The molecule has 1 aromatic heterocycles. The van der Waals surface area contributed by atoms with Crippen molar-refractivity contribution in [2.75, 3.05) is 0 Å². The van der Waals surface area contributed by atoms with Crippen molar-refractivity contribution in [2.24, 2.45) is 16.7 Å². The Morgan fingerprint density at radius 1 is 0.913 bits per heavy atom. The molecule has 3 aromatic carbocycles. The maximum absolute atomic E-state index is 11.5. The van der Waals surface area contributed by atoms with Crippen molar-refractivity contribution >= 4 is 16.6 Å². The summed E-state index contributed by atoms with van der Waals surface area (Å²) >= 11 is 0. The molecule has 0 atom stereocenters. The van der Waals surface area contributed by atoms with Crippen molar-refractivity contribution in [1.29, 1.82) is 0 Å². The third kappa shape index (κ3) is 9.01. The Morgan fingerprint density at radius 2 is 1.57 bits per heavy atom. The monoisotopic (exact) mass is 796 g/mol. The van der Waals surface area contributed by atoms with Gasteiger partial charge in [-0.25, -0.2) is 0 Å². The molecular formula is C41H51IrN2O2-. The topological polar surface area (TPSA) is 63.1 Å². The molecule has 1 aliphatic carbocycles. The molecule has 1 N–H and O–H groups in total. The van der Waals surface area contributed by atoms with Gasteiger partial charge < -0.3 is 5.11 Å². The van der Waals surface area contributed by atoms with Crippen LogP contribution in [-0.4, -0.2) is 20.9 Å². The fourth-order valence-electron chi connectivity index (χ4n) is 5.43. The molecule has 1 radical (unpaired) electrons. The van der Waals surface area contributed by atoms with Crippen molar-refractivity contribution in [3.05, 3.63) is 94.9 Å². The van der Waals surface area contributed by atoms with E-state index in [9.17, 15) is 9.90 Å². The van der Waals surface area contributed by atoms with Gasteiger partial charge in [0.05, 0.1) is 11.5 Å².